The minimum atomic E-state index is -0.0922. The highest BCUT2D eigenvalue weighted by molar-refractivity contribution is 14.0. The van der Waals surface area contributed by atoms with E-state index < -0.39 is 0 Å². The molecule has 0 bridgehead atoms. The molecule has 0 aromatic heterocycles. The third-order valence-corrected chi connectivity index (χ3v) is 5.21. The van der Waals surface area contributed by atoms with Gasteiger partial charge in [-0.2, -0.15) is 0 Å². The Balaban J connectivity index is 0.00000261. The smallest absolute Gasteiger partial charge is 0.308 e. The average Bonchev–Trinajstić information content (AvgIpc) is 2.70. The summed E-state index contributed by atoms with van der Waals surface area (Å²) in [5, 5.41) is 3.40. The number of hydrogen-bond donors (Lipinski definition) is 1. The van der Waals surface area contributed by atoms with Crippen molar-refractivity contribution in [3.05, 3.63) is 29.8 Å². The molecule has 1 aromatic carbocycles. The van der Waals surface area contributed by atoms with Crippen LogP contribution in [0.1, 0.15) is 37.7 Å². The summed E-state index contributed by atoms with van der Waals surface area (Å²) in [5.74, 6) is 2.25. The number of hydrogen-bond acceptors (Lipinski definition) is 4. The van der Waals surface area contributed by atoms with Crippen molar-refractivity contribution in [1.82, 2.24) is 10.2 Å². The zero-order valence-electron chi connectivity index (χ0n) is 16.1. The molecule has 1 fully saturated rings. The Morgan fingerprint density at radius 1 is 1.30 bits per heavy atom. The number of carbonyl (C=O) groups excluding carboxylic acids is 1. The fourth-order valence-corrected chi connectivity index (χ4v) is 3.72. The van der Waals surface area contributed by atoms with Gasteiger partial charge in [-0.1, -0.05) is 18.2 Å². The van der Waals surface area contributed by atoms with Crippen LogP contribution in [0.25, 0.3) is 0 Å². The van der Waals surface area contributed by atoms with Gasteiger partial charge in [0.1, 0.15) is 5.75 Å². The molecule has 3 rings (SSSR count). The standard InChI is InChI=1S/C20H29N3O3.HI/c1-3-21-20(23-11-8-15(9-12-23)19(24)25-2)22-14-16-10-13-26-18-7-5-4-6-17(16)18;/h4-7,15-16H,3,8-14H2,1-2H3,(H,21,22);1H. The number of piperidine rings is 1. The van der Waals surface area contributed by atoms with Gasteiger partial charge in [-0.15, -0.1) is 24.0 Å². The van der Waals surface area contributed by atoms with Crippen LogP contribution in [0.3, 0.4) is 0 Å². The maximum Gasteiger partial charge on any atom is 0.308 e. The van der Waals surface area contributed by atoms with Crippen LogP contribution in [-0.2, 0) is 9.53 Å². The Morgan fingerprint density at radius 3 is 2.74 bits per heavy atom. The molecule has 0 radical (unpaired) electrons. The number of nitrogens with one attached hydrogen (secondary N) is 1. The maximum absolute atomic E-state index is 11.7. The highest BCUT2D eigenvalue weighted by Crippen LogP contribution is 2.33. The average molecular weight is 487 g/mol. The first kappa shape index (κ1) is 21.8. The number of methoxy groups -OCH3 is 1. The molecule has 6 nitrogen and oxygen atoms in total. The highest BCUT2D eigenvalue weighted by atomic mass is 127. The summed E-state index contributed by atoms with van der Waals surface area (Å²) in [6.07, 6.45) is 2.62. The molecule has 0 spiro atoms. The number of halogens is 1. The van der Waals surface area contributed by atoms with Crippen LogP contribution in [0, 0.1) is 5.92 Å². The van der Waals surface area contributed by atoms with Gasteiger partial charge in [0.25, 0.3) is 0 Å². The van der Waals surface area contributed by atoms with Crippen molar-refractivity contribution in [2.45, 2.75) is 32.1 Å². The summed E-state index contributed by atoms with van der Waals surface area (Å²) >= 11 is 0. The molecule has 7 heteroatoms. The predicted octanol–water partition coefficient (Wildman–Crippen LogP) is 3.02. The van der Waals surface area contributed by atoms with Gasteiger partial charge < -0.3 is 19.7 Å². The Morgan fingerprint density at radius 2 is 2.04 bits per heavy atom. The molecule has 0 saturated carbocycles. The zero-order valence-corrected chi connectivity index (χ0v) is 18.5. The number of nitrogens with zero attached hydrogens (tertiary/aromatic N) is 2. The number of benzene rings is 1. The molecule has 1 unspecified atom stereocenters. The highest BCUT2D eigenvalue weighted by Gasteiger charge is 2.27. The summed E-state index contributed by atoms with van der Waals surface area (Å²) in [5.41, 5.74) is 1.25. The normalized spacial score (nSPS) is 20.1. The monoisotopic (exact) mass is 487 g/mol. The maximum atomic E-state index is 11.7. The van der Waals surface area contributed by atoms with E-state index >= 15 is 0 Å². The Bertz CT molecular complexity index is 645. The fraction of sp³-hybridized carbons (Fsp3) is 0.600. The quantitative estimate of drug-likeness (QED) is 0.306. The second kappa shape index (κ2) is 10.7. The fourth-order valence-electron chi connectivity index (χ4n) is 3.72. The molecule has 2 heterocycles. The topological polar surface area (TPSA) is 63.2 Å². The first-order valence-corrected chi connectivity index (χ1v) is 9.55. The van der Waals surface area contributed by atoms with Crippen LogP contribution in [0.4, 0.5) is 0 Å². The number of aliphatic imine (C=N–C) groups is 1. The molecule has 150 valence electrons. The van der Waals surface area contributed by atoms with E-state index in [2.05, 4.69) is 29.3 Å². The lowest BCUT2D eigenvalue weighted by molar-refractivity contribution is -0.146. The van der Waals surface area contributed by atoms with E-state index in [1.807, 2.05) is 12.1 Å². The van der Waals surface area contributed by atoms with Gasteiger partial charge in [0.05, 0.1) is 19.6 Å². The molecule has 1 saturated heterocycles. The van der Waals surface area contributed by atoms with Gasteiger partial charge in [-0.05, 0) is 37.8 Å². The third kappa shape index (κ3) is 5.49. The van der Waals surface area contributed by atoms with Crippen molar-refractivity contribution >= 4 is 35.9 Å². The number of para-hydroxylation sites is 1. The molecule has 2 aliphatic heterocycles. The minimum Gasteiger partial charge on any atom is -0.493 e. The van der Waals surface area contributed by atoms with Crippen LogP contribution >= 0.6 is 24.0 Å². The van der Waals surface area contributed by atoms with E-state index in [0.29, 0.717) is 5.92 Å². The van der Waals surface area contributed by atoms with Crippen molar-refractivity contribution in [2.24, 2.45) is 10.9 Å². The summed E-state index contributed by atoms with van der Waals surface area (Å²) in [6, 6.07) is 8.25. The van der Waals surface area contributed by atoms with E-state index in [0.717, 1.165) is 63.8 Å². The van der Waals surface area contributed by atoms with Crippen molar-refractivity contribution < 1.29 is 14.3 Å². The molecule has 27 heavy (non-hydrogen) atoms. The molecule has 1 aromatic rings. The van der Waals surface area contributed by atoms with E-state index in [1.54, 1.807) is 0 Å². The number of likely N-dealkylation sites (tertiary alicyclic amines) is 1. The van der Waals surface area contributed by atoms with Gasteiger partial charge in [-0.3, -0.25) is 9.79 Å². The van der Waals surface area contributed by atoms with E-state index in [1.165, 1.54) is 12.7 Å². The van der Waals surface area contributed by atoms with Crippen molar-refractivity contribution in [3.63, 3.8) is 0 Å². The van der Waals surface area contributed by atoms with Crippen LogP contribution in [0.2, 0.25) is 0 Å². The molecular formula is C20H30IN3O3. The van der Waals surface area contributed by atoms with E-state index in [4.69, 9.17) is 14.5 Å². The van der Waals surface area contributed by atoms with Crippen molar-refractivity contribution in [1.29, 1.82) is 0 Å². The summed E-state index contributed by atoms with van der Waals surface area (Å²) < 4.78 is 10.6. The molecule has 0 amide bonds. The molecular weight excluding hydrogens is 457 g/mol. The van der Waals surface area contributed by atoms with Crippen molar-refractivity contribution in [2.75, 3.05) is 39.9 Å². The Labute approximate surface area is 178 Å². The van der Waals surface area contributed by atoms with Crippen LogP contribution in [0.15, 0.2) is 29.3 Å². The second-order valence-electron chi connectivity index (χ2n) is 6.85. The number of carbonyl (C=O) groups is 1. The summed E-state index contributed by atoms with van der Waals surface area (Å²) in [6.45, 7) is 6.07. The lowest BCUT2D eigenvalue weighted by atomic mass is 9.93. The Hall–Kier alpha value is -1.51. The predicted molar refractivity (Wildman–Crippen MR) is 117 cm³/mol. The van der Waals surface area contributed by atoms with Gasteiger partial charge >= 0.3 is 5.97 Å². The summed E-state index contributed by atoms with van der Waals surface area (Å²) in [4.78, 5) is 18.9. The Kier molecular flexibility index (Phi) is 8.66. The van der Waals surface area contributed by atoms with Crippen LogP contribution in [0.5, 0.6) is 5.75 Å². The van der Waals surface area contributed by atoms with E-state index in [9.17, 15) is 4.79 Å². The number of ether oxygens (including phenoxy) is 2. The molecule has 1 N–H and O–H groups in total. The van der Waals surface area contributed by atoms with Crippen LogP contribution < -0.4 is 10.1 Å². The van der Waals surface area contributed by atoms with E-state index in [-0.39, 0.29) is 35.9 Å². The van der Waals surface area contributed by atoms with Gasteiger partial charge in [0.15, 0.2) is 5.96 Å². The first-order valence-electron chi connectivity index (χ1n) is 9.55. The third-order valence-electron chi connectivity index (χ3n) is 5.21. The van der Waals surface area contributed by atoms with Gasteiger partial charge in [0.2, 0.25) is 0 Å². The van der Waals surface area contributed by atoms with Crippen LogP contribution in [-0.4, -0.2) is 56.7 Å². The second-order valence-corrected chi connectivity index (χ2v) is 6.85. The number of esters is 1. The van der Waals surface area contributed by atoms with Gasteiger partial charge in [0, 0.05) is 32.1 Å². The largest absolute Gasteiger partial charge is 0.493 e. The minimum absolute atomic E-state index is 0. The van der Waals surface area contributed by atoms with Gasteiger partial charge in [-0.25, -0.2) is 0 Å². The lowest BCUT2D eigenvalue weighted by Gasteiger charge is -2.33. The molecule has 0 aliphatic carbocycles. The first-order chi connectivity index (χ1) is 12.7. The number of rotatable bonds is 4. The lowest BCUT2D eigenvalue weighted by Crippen LogP contribution is -2.46. The molecule has 1 atom stereocenters. The SMILES string of the molecule is CCNC(=NCC1CCOc2ccccc21)N1CCC(C(=O)OC)CC1.I. The number of fused-ring (bicyclic) bond motifs is 1. The zero-order chi connectivity index (χ0) is 18.4. The molecule has 2 aliphatic rings. The number of guanidine groups is 1. The summed E-state index contributed by atoms with van der Waals surface area (Å²) in [7, 11) is 1.46. The van der Waals surface area contributed by atoms with Crippen molar-refractivity contribution in [3.8, 4) is 5.75 Å².